The van der Waals surface area contributed by atoms with Crippen molar-refractivity contribution in [3.05, 3.63) is 0 Å². The molecule has 100 valence electrons. The van der Waals surface area contributed by atoms with Crippen LogP contribution < -0.4 is 16.9 Å². The van der Waals surface area contributed by atoms with E-state index < -0.39 is 24.1 Å². The number of alkyl halides is 1. The third-order valence-corrected chi connectivity index (χ3v) is 1.96. The van der Waals surface area contributed by atoms with E-state index in [1.54, 1.807) is 0 Å². The molecule has 0 aliphatic carbocycles. The molecule has 7 nitrogen and oxygen atoms in total. The Morgan fingerprint density at radius 1 is 1.53 bits per heavy atom. The first-order valence-corrected chi connectivity index (χ1v) is 5.17. The molecule has 0 rings (SSSR count). The molecule has 6 N–H and O–H groups in total. The maximum absolute atomic E-state index is 13.3. The molecule has 0 saturated heterocycles. The first kappa shape index (κ1) is 15.8. The summed E-state index contributed by atoms with van der Waals surface area (Å²) in [7, 11) is 1.38. The number of amides is 1. The maximum Gasteiger partial charge on any atom is 0.319 e. The van der Waals surface area contributed by atoms with E-state index >= 15 is 0 Å². The van der Waals surface area contributed by atoms with Gasteiger partial charge in [-0.05, 0) is 6.42 Å². The molecule has 0 aromatic carbocycles. The number of hydrazine groups is 1. The van der Waals surface area contributed by atoms with Crippen LogP contribution in [0, 0.1) is 0 Å². The summed E-state index contributed by atoms with van der Waals surface area (Å²) in [6, 6.07) is -0.477. The second kappa shape index (κ2) is 7.93. The average Bonchev–Trinajstić information content (AvgIpc) is 2.14. The highest BCUT2D eigenvalue weighted by Gasteiger charge is 2.17. The molecular weight excluding hydrogens is 231 g/mol. The first-order valence-electron chi connectivity index (χ1n) is 5.17. The summed E-state index contributed by atoms with van der Waals surface area (Å²) < 4.78 is 13.3. The van der Waals surface area contributed by atoms with Crippen LogP contribution in [0.15, 0.2) is 0 Å². The highest BCUT2D eigenvalue weighted by Crippen LogP contribution is 2.05. The SMILES string of the molecule is CN(CC(=O)O)NC(=O)C[C@H](F)C[C@H](N)CN. The molecule has 0 heterocycles. The lowest BCUT2D eigenvalue weighted by Gasteiger charge is -2.17. The normalized spacial score (nSPS) is 14.4. The molecule has 0 aromatic rings. The van der Waals surface area contributed by atoms with E-state index in [2.05, 4.69) is 5.43 Å². The van der Waals surface area contributed by atoms with Crippen LogP contribution in [0.3, 0.4) is 0 Å². The molecule has 0 unspecified atom stereocenters. The van der Waals surface area contributed by atoms with Crippen molar-refractivity contribution in [3.63, 3.8) is 0 Å². The summed E-state index contributed by atoms with van der Waals surface area (Å²) in [4.78, 5) is 21.6. The molecule has 17 heavy (non-hydrogen) atoms. The Morgan fingerprint density at radius 3 is 2.59 bits per heavy atom. The van der Waals surface area contributed by atoms with Gasteiger partial charge in [0.05, 0.1) is 6.42 Å². The summed E-state index contributed by atoms with van der Waals surface area (Å²) in [6.07, 6.45) is -1.74. The summed E-state index contributed by atoms with van der Waals surface area (Å²) in [5, 5.41) is 9.50. The van der Waals surface area contributed by atoms with E-state index in [1.165, 1.54) is 7.05 Å². The lowest BCUT2D eigenvalue weighted by atomic mass is 10.1. The monoisotopic (exact) mass is 250 g/mol. The van der Waals surface area contributed by atoms with E-state index in [-0.39, 0.29) is 25.9 Å². The number of likely N-dealkylation sites (N-methyl/N-ethyl adjacent to an activating group) is 1. The Kier molecular flexibility index (Phi) is 7.35. The van der Waals surface area contributed by atoms with Gasteiger partial charge in [0.25, 0.3) is 0 Å². The molecule has 0 aliphatic rings. The van der Waals surface area contributed by atoms with E-state index in [0.717, 1.165) is 5.01 Å². The molecule has 0 aliphatic heterocycles. The van der Waals surface area contributed by atoms with Gasteiger partial charge < -0.3 is 16.6 Å². The van der Waals surface area contributed by atoms with E-state index in [0.29, 0.717) is 0 Å². The Labute approximate surface area is 98.9 Å². The molecule has 2 atom stereocenters. The first-order chi connectivity index (χ1) is 7.85. The summed E-state index contributed by atoms with van der Waals surface area (Å²) in [6.45, 7) is -0.202. The van der Waals surface area contributed by atoms with Gasteiger partial charge in [-0.3, -0.25) is 15.0 Å². The van der Waals surface area contributed by atoms with Gasteiger partial charge in [0.15, 0.2) is 0 Å². The van der Waals surface area contributed by atoms with Gasteiger partial charge in [0.2, 0.25) is 5.91 Å². The van der Waals surface area contributed by atoms with Crippen molar-refractivity contribution < 1.29 is 19.1 Å². The smallest absolute Gasteiger partial charge is 0.319 e. The molecule has 0 saturated carbocycles. The van der Waals surface area contributed by atoms with Crippen molar-refractivity contribution in [3.8, 4) is 0 Å². The number of halogens is 1. The molecule has 0 fully saturated rings. The fraction of sp³-hybridized carbons (Fsp3) is 0.778. The number of carbonyl (C=O) groups is 2. The standard InChI is InChI=1S/C9H19FN4O3/c1-14(5-9(16)17)13-8(15)3-6(10)2-7(12)4-11/h6-7H,2-5,11-12H2,1H3,(H,13,15)(H,16,17)/t6-,7+/m1/s1. The van der Waals surface area contributed by atoms with Crippen molar-refractivity contribution in [2.75, 3.05) is 20.1 Å². The Hall–Kier alpha value is -1.25. The van der Waals surface area contributed by atoms with Crippen molar-refractivity contribution in [2.24, 2.45) is 11.5 Å². The second-order valence-corrected chi connectivity index (χ2v) is 3.82. The van der Waals surface area contributed by atoms with Gasteiger partial charge in [0.1, 0.15) is 12.7 Å². The Morgan fingerprint density at radius 2 is 2.12 bits per heavy atom. The van der Waals surface area contributed by atoms with Crippen LogP contribution in [0.1, 0.15) is 12.8 Å². The predicted molar refractivity (Wildman–Crippen MR) is 59.6 cm³/mol. The van der Waals surface area contributed by atoms with Crippen LogP contribution in [-0.4, -0.2) is 54.3 Å². The molecule has 0 bridgehead atoms. The highest BCUT2D eigenvalue weighted by atomic mass is 19.1. The van der Waals surface area contributed by atoms with E-state index in [9.17, 15) is 14.0 Å². The fourth-order valence-corrected chi connectivity index (χ4v) is 1.21. The molecule has 8 heteroatoms. The molecule has 1 amide bonds. The summed E-state index contributed by atoms with van der Waals surface area (Å²) in [5.41, 5.74) is 12.9. The maximum atomic E-state index is 13.3. The minimum Gasteiger partial charge on any atom is -0.480 e. The second-order valence-electron chi connectivity index (χ2n) is 3.82. The number of hydrogen-bond acceptors (Lipinski definition) is 5. The highest BCUT2D eigenvalue weighted by molar-refractivity contribution is 5.76. The molecular formula is C9H19FN4O3. The number of nitrogens with one attached hydrogen (secondary N) is 1. The van der Waals surface area contributed by atoms with Crippen LogP contribution in [0.2, 0.25) is 0 Å². The van der Waals surface area contributed by atoms with Crippen LogP contribution in [0.4, 0.5) is 4.39 Å². The zero-order valence-electron chi connectivity index (χ0n) is 9.73. The van der Waals surface area contributed by atoms with Gasteiger partial charge in [0, 0.05) is 19.6 Å². The average molecular weight is 250 g/mol. The largest absolute Gasteiger partial charge is 0.480 e. The Bertz CT molecular complexity index is 265. The lowest BCUT2D eigenvalue weighted by molar-refractivity contribution is -0.139. The number of nitrogens with two attached hydrogens (primary N) is 2. The zero-order valence-corrected chi connectivity index (χ0v) is 9.73. The van der Waals surface area contributed by atoms with Crippen molar-refractivity contribution in [1.29, 1.82) is 0 Å². The third kappa shape index (κ3) is 8.55. The van der Waals surface area contributed by atoms with E-state index in [1.807, 2.05) is 0 Å². The minimum atomic E-state index is -1.38. The van der Waals surface area contributed by atoms with Crippen LogP contribution in [0.25, 0.3) is 0 Å². The lowest BCUT2D eigenvalue weighted by Crippen LogP contribution is -2.43. The number of rotatable bonds is 8. The van der Waals surface area contributed by atoms with E-state index in [4.69, 9.17) is 16.6 Å². The number of carboxylic acids is 1. The van der Waals surface area contributed by atoms with Gasteiger partial charge in [-0.15, -0.1) is 0 Å². The van der Waals surface area contributed by atoms with Gasteiger partial charge in [-0.25, -0.2) is 9.40 Å². The van der Waals surface area contributed by atoms with Crippen molar-refractivity contribution >= 4 is 11.9 Å². The van der Waals surface area contributed by atoms with Gasteiger partial charge in [-0.2, -0.15) is 0 Å². The predicted octanol–water partition coefficient (Wildman–Crippen LogP) is -1.56. The summed E-state index contributed by atoms with van der Waals surface area (Å²) >= 11 is 0. The number of hydrogen-bond donors (Lipinski definition) is 4. The fourth-order valence-electron chi connectivity index (χ4n) is 1.21. The summed E-state index contributed by atoms with van der Waals surface area (Å²) in [5.74, 6) is -1.68. The number of carboxylic acid groups (broad SMARTS) is 1. The van der Waals surface area contributed by atoms with Crippen LogP contribution in [0.5, 0.6) is 0 Å². The topological polar surface area (TPSA) is 122 Å². The molecule has 0 spiro atoms. The molecule has 0 aromatic heterocycles. The van der Waals surface area contributed by atoms with Crippen molar-refractivity contribution in [2.45, 2.75) is 25.1 Å². The number of nitrogens with zero attached hydrogens (tertiary/aromatic N) is 1. The van der Waals surface area contributed by atoms with Gasteiger partial charge in [-0.1, -0.05) is 0 Å². The van der Waals surface area contributed by atoms with Crippen molar-refractivity contribution in [1.82, 2.24) is 10.4 Å². The minimum absolute atomic E-state index is 0.00651. The Balaban J connectivity index is 3.88. The third-order valence-electron chi connectivity index (χ3n) is 1.96. The van der Waals surface area contributed by atoms with Crippen LogP contribution >= 0.6 is 0 Å². The molecule has 0 radical (unpaired) electrons. The number of aliphatic carboxylic acids is 1. The van der Waals surface area contributed by atoms with Crippen LogP contribution in [-0.2, 0) is 9.59 Å². The number of carbonyl (C=O) groups excluding carboxylic acids is 1. The zero-order chi connectivity index (χ0) is 13.4. The quantitative estimate of drug-likeness (QED) is 0.386. The van der Waals surface area contributed by atoms with Gasteiger partial charge >= 0.3 is 5.97 Å².